The van der Waals surface area contributed by atoms with Crippen LogP contribution in [0.25, 0.3) is 22.2 Å². The van der Waals surface area contributed by atoms with Crippen LogP contribution in [0.4, 0.5) is 0 Å². The second kappa shape index (κ2) is 5.57. The maximum atomic E-state index is 10.8. The smallest absolute Gasteiger partial charge is 0.307 e. The average Bonchev–Trinajstić information content (AvgIpc) is 2.84. The van der Waals surface area contributed by atoms with E-state index in [-0.39, 0.29) is 13.8 Å². The molecule has 4 nitrogen and oxygen atoms in total. The molecule has 0 aliphatic heterocycles. The van der Waals surface area contributed by atoms with Crippen molar-refractivity contribution in [1.29, 1.82) is 0 Å². The van der Waals surface area contributed by atoms with E-state index in [1.807, 2.05) is 42.5 Å². The molecule has 102 valence electrons. The third-order valence-corrected chi connectivity index (χ3v) is 2.97. The van der Waals surface area contributed by atoms with Gasteiger partial charge >= 0.3 is 5.97 Å². The quantitative estimate of drug-likeness (QED) is 0.786. The molecule has 0 bridgehead atoms. The number of hydrogen-bond acceptors (Lipinski definition) is 3. The zero-order valence-electron chi connectivity index (χ0n) is 10.0. The molecule has 3 aromatic rings. The highest BCUT2D eigenvalue weighted by molar-refractivity contribution is 5.94. The summed E-state index contributed by atoms with van der Waals surface area (Å²) in [4.78, 5) is 10.8. The normalized spacial score (nSPS) is 10.2. The minimum Gasteiger partial charge on any atom is -0.481 e. The monoisotopic (exact) mass is 269 g/mol. The summed E-state index contributed by atoms with van der Waals surface area (Å²) in [5, 5.41) is 13.7. The Hall–Kier alpha value is -2.62. The first-order valence-electron chi connectivity index (χ1n) is 5.90. The second-order valence-electron chi connectivity index (χ2n) is 4.26. The van der Waals surface area contributed by atoms with Gasteiger partial charge in [-0.2, -0.15) is 0 Å². The maximum Gasteiger partial charge on any atom is 0.307 e. The van der Waals surface area contributed by atoms with Crippen molar-refractivity contribution < 1.29 is 14.4 Å². The topological polar surface area (TPSA) is 63.3 Å². The largest absolute Gasteiger partial charge is 0.481 e. The Morgan fingerprint density at radius 2 is 1.85 bits per heavy atom. The molecule has 0 spiro atoms. The molecule has 0 atom stereocenters. The molecule has 0 aliphatic rings. The molecule has 0 aliphatic carbocycles. The van der Waals surface area contributed by atoms with Crippen LogP contribution in [-0.2, 0) is 11.2 Å². The number of aromatic nitrogens is 1. The first-order valence-corrected chi connectivity index (χ1v) is 5.90. The molecule has 3 rings (SSSR count). The van der Waals surface area contributed by atoms with Gasteiger partial charge in [0, 0.05) is 5.56 Å². The minimum absolute atomic E-state index is 0. The van der Waals surface area contributed by atoms with E-state index in [0.29, 0.717) is 16.8 Å². The van der Waals surface area contributed by atoms with Gasteiger partial charge < -0.3 is 9.63 Å². The van der Waals surface area contributed by atoms with Gasteiger partial charge in [-0.25, -0.2) is 0 Å². The fourth-order valence-electron chi connectivity index (χ4n) is 2.13. The van der Waals surface area contributed by atoms with Crippen LogP contribution < -0.4 is 0 Å². The summed E-state index contributed by atoms with van der Waals surface area (Å²) in [7, 11) is 0. The van der Waals surface area contributed by atoms with Gasteiger partial charge in [0.05, 0.1) is 11.8 Å². The first-order chi connectivity index (χ1) is 9.25. The molecule has 4 heteroatoms. The molecule has 2 aromatic carbocycles. The molecule has 0 fully saturated rings. The maximum absolute atomic E-state index is 10.8. The molecule has 0 unspecified atom stereocenters. The van der Waals surface area contributed by atoms with E-state index in [1.54, 1.807) is 6.07 Å². The van der Waals surface area contributed by atoms with Crippen molar-refractivity contribution in [3.63, 3.8) is 0 Å². The Morgan fingerprint density at radius 1 is 1.10 bits per heavy atom. The van der Waals surface area contributed by atoms with E-state index >= 15 is 0 Å². The van der Waals surface area contributed by atoms with Crippen LogP contribution in [0, 0.1) is 0 Å². The van der Waals surface area contributed by atoms with E-state index in [4.69, 9.17) is 9.63 Å². The average molecular weight is 269 g/mol. The highest BCUT2D eigenvalue weighted by Crippen LogP contribution is 2.30. The van der Waals surface area contributed by atoms with Crippen molar-refractivity contribution >= 4 is 16.9 Å². The molecule has 1 aromatic heterocycles. The molecule has 0 saturated heterocycles. The lowest BCUT2D eigenvalue weighted by molar-refractivity contribution is -0.136. The van der Waals surface area contributed by atoms with Gasteiger partial charge in [0.15, 0.2) is 5.76 Å². The Labute approximate surface area is 116 Å². The highest BCUT2D eigenvalue weighted by atomic mass is 16.5. The third-order valence-electron chi connectivity index (χ3n) is 2.97. The molecule has 0 amide bonds. The minimum atomic E-state index is -0.878. The first kappa shape index (κ1) is 13.8. The van der Waals surface area contributed by atoms with Crippen molar-refractivity contribution in [2.75, 3.05) is 0 Å². The fraction of sp³-hybridized carbons (Fsp3) is 0.125. The summed E-state index contributed by atoms with van der Waals surface area (Å²) in [6.45, 7) is 0. The Balaban J connectivity index is 0.00000147. The summed E-state index contributed by atoms with van der Waals surface area (Å²) in [6.07, 6.45) is -0.0574. The Kier molecular flexibility index (Phi) is 3.84. The predicted molar refractivity (Wildman–Crippen MR) is 77.5 cm³/mol. The SMILES string of the molecule is C.O=C(O)Cc1cccc2c(-c3ccccc3)onc12. The Morgan fingerprint density at radius 3 is 2.55 bits per heavy atom. The Bertz CT molecular complexity index is 732. The van der Waals surface area contributed by atoms with Gasteiger partial charge in [0.25, 0.3) is 0 Å². The van der Waals surface area contributed by atoms with Crippen LogP contribution in [0.3, 0.4) is 0 Å². The van der Waals surface area contributed by atoms with Crippen LogP contribution >= 0.6 is 0 Å². The standard InChI is InChI=1S/C15H11NO3.CH4/c17-13(18)9-11-7-4-8-12-14(11)16-19-15(12)10-5-2-1-3-6-10;/h1-8H,9H2,(H,17,18);1H4. The summed E-state index contributed by atoms with van der Waals surface area (Å²) in [5.41, 5.74) is 2.21. The van der Waals surface area contributed by atoms with Gasteiger partial charge in [-0.1, -0.05) is 55.0 Å². The van der Waals surface area contributed by atoms with Crippen molar-refractivity contribution in [2.24, 2.45) is 0 Å². The highest BCUT2D eigenvalue weighted by Gasteiger charge is 2.14. The van der Waals surface area contributed by atoms with E-state index in [2.05, 4.69) is 5.16 Å². The number of carboxylic acids is 1. The summed E-state index contributed by atoms with van der Waals surface area (Å²) in [5.74, 6) is -0.209. The molecular weight excluding hydrogens is 254 g/mol. The lowest BCUT2D eigenvalue weighted by Gasteiger charge is -1.98. The van der Waals surface area contributed by atoms with Crippen molar-refractivity contribution in [3.8, 4) is 11.3 Å². The number of benzene rings is 2. The number of rotatable bonds is 3. The van der Waals surface area contributed by atoms with Crippen LogP contribution in [-0.4, -0.2) is 16.2 Å². The molecule has 1 heterocycles. The van der Waals surface area contributed by atoms with E-state index < -0.39 is 5.97 Å². The summed E-state index contributed by atoms with van der Waals surface area (Å²) in [6, 6.07) is 15.1. The van der Waals surface area contributed by atoms with Crippen LogP contribution in [0.5, 0.6) is 0 Å². The van der Waals surface area contributed by atoms with Crippen molar-refractivity contribution in [2.45, 2.75) is 13.8 Å². The van der Waals surface area contributed by atoms with E-state index in [1.165, 1.54) is 0 Å². The predicted octanol–water partition coefficient (Wildman–Crippen LogP) is 3.76. The lowest BCUT2D eigenvalue weighted by Crippen LogP contribution is -2.00. The zero-order valence-corrected chi connectivity index (χ0v) is 10.0. The van der Waals surface area contributed by atoms with E-state index in [9.17, 15) is 4.79 Å². The van der Waals surface area contributed by atoms with Crippen molar-refractivity contribution in [1.82, 2.24) is 5.16 Å². The van der Waals surface area contributed by atoms with Gasteiger partial charge in [-0.05, 0) is 11.6 Å². The van der Waals surface area contributed by atoms with Gasteiger partial charge in [0.1, 0.15) is 5.52 Å². The van der Waals surface area contributed by atoms with Crippen LogP contribution in [0.2, 0.25) is 0 Å². The molecule has 0 radical (unpaired) electrons. The van der Waals surface area contributed by atoms with Gasteiger partial charge in [0.2, 0.25) is 0 Å². The number of carbonyl (C=O) groups is 1. The lowest BCUT2D eigenvalue weighted by atomic mass is 10.0. The number of fused-ring (bicyclic) bond motifs is 1. The van der Waals surface area contributed by atoms with Crippen LogP contribution in [0.15, 0.2) is 53.1 Å². The second-order valence-corrected chi connectivity index (χ2v) is 4.26. The summed E-state index contributed by atoms with van der Waals surface area (Å²) < 4.78 is 5.38. The number of hydrogen-bond donors (Lipinski definition) is 1. The van der Waals surface area contributed by atoms with Crippen LogP contribution in [0.1, 0.15) is 13.0 Å². The van der Waals surface area contributed by atoms with Crippen molar-refractivity contribution in [3.05, 3.63) is 54.1 Å². The molecule has 0 saturated carbocycles. The van der Waals surface area contributed by atoms with E-state index in [0.717, 1.165) is 10.9 Å². The molecule has 1 N–H and O–H groups in total. The number of carboxylic acid groups (broad SMARTS) is 1. The molecule has 20 heavy (non-hydrogen) atoms. The summed E-state index contributed by atoms with van der Waals surface area (Å²) >= 11 is 0. The third kappa shape index (κ3) is 2.40. The number of aliphatic carboxylic acids is 1. The van der Waals surface area contributed by atoms with Gasteiger partial charge in [-0.3, -0.25) is 4.79 Å². The van der Waals surface area contributed by atoms with Gasteiger partial charge in [-0.15, -0.1) is 0 Å². The fourth-order valence-corrected chi connectivity index (χ4v) is 2.13. The molecular formula is C16H15NO3. The number of nitrogens with zero attached hydrogens (tertiary/aromatic N) is 1. The zero-order chi connectivity index (χ0) is 13.2.